The lowest BCUT2D eigenvalue weighted by Crippen LogP contribution is -2.61. The maximum Gasteiger partial charge on any atom is 0.152 e. The zero-order chi connectivity index (χ0) is 12.7. The Morgan fingerprint density at radius 3 is 2.41 bits per heavy atom. The van der Waals surface area contributed by atoms with Gasteiger partial charge in [0.25, 0.3) is 0 Å². The van der Waals surface area contributed by atoms with Gasteiger partial charge in [0.2, 0.25) is 0 Å². The van der Waals surface area contributed by atoms with E-state index in [-0.39, 0.29) is 10.8 Å². The van der Waals surface area contributed by atoms with E-state index in [1.807, 2.05) is 0 Å². The number of sulfone groups is 1. The third-order valence-corrected chi connectivity index (χ3v) is 6.15. The quantitative estimate of drug-likeness (QED) is 0.793. The molecule has 2 unspecified atom stereocenters. The van der Waals surface area contributed by atoms with E-state index in [0.717, 1.165) is 25.8 Å². The van der Waals surface area contributed by atoms with Crippen LogP contribution < -0.4 is 5.73 Å². The van der Waals surface area contributed by atoms with E-state index < -0.39 is 9.84 Å². The molecule has 0 saturated heterocycles. The summed E-state index contributed by atoms with van der Waals surface area (Å²) in [5, 5.41) is -0.263. The monoisotopic (exact) mass is 260 g/mol. The van der Waals surface area contributed by atoms with Gasteiger partial charge in [0, 0.05) is 18.8 Å². The third-order valence-electron chi connectivity index (χ3n) is 4.45. The van der Waals surface area contributed by atoms with Gasteiger partial charge < -0.3 is 5.73 Å². The Kier molecular flexibility index (Phi) is 3.54. The highest BCUT2D eigenvalue weighted by Crippen LogP contribution is 2.43. The predicted molar refractivity (Wildman–Crippen MR) is 69.7 cm³/mol. The maximum absolute atomic E-state index is 12.0. The Hall–Kier alpha value is -0.130. The zero-order valence-electron chi connectivity index (χ0n) is 10.9. The second kappa shape index (κ2) is 4.52. The Bertz CT molecular complexity index is 378. The summed E-state index contributed by atoms with van der Waals surface area (Å²) < 4.78 is 24.0. The lowest BCUT2D eigenvalue weighted by Gasteiger charge is -2.44. The molecule has 100 valence electrons. The summed E-state index contributed by atoms with van der Waals surface area (Å²) in [6.45, 7) is 3.50. The van der Waals surface area contributed by atoms with Crippen molar-refractivity contribution in [1.29, 1.82) is 0 Å². The van der Waals surface area contributed by atoms with Crippen LogP contribution in [0.3, 0.4) is 0 Å². The van der Waals surface area contributed by atoms with E-state index >= 15 is 0 Å². The van der Waals surface area contributed by atoms with Crippen LogP contribution in [0.5, 0.6) is 0 Å². The summed E-state index contributed by atoms with van der Waals surface area (Å²) in [4.78, 5) is 2.38. The van der Waals surface area contributed by atoms with Crippen LogP contribution in [0.15, 0.2) is 0 Å². The third kappa shape index (κ3) is 2.25. The number of likely N-dealkylation sites (N-methyl/N-ethyl adjacent to an activating group) is 1. The number of rotatable bonds is 5. The van der Waals surface area contributed by atoms with Crippen LogP contribution in [0.25, 0.3) is 0 Å². The molecule has 0 bridgehead atoms. The molecule has 0 aromatic rings. The first-order valence-electron chi connectivity index (χ1n) is 6.61. The largest absolute Gasteiger partial charge is 0.329 e. The lowest BCUT2D eigenvalue weighted by molar-refractivity contribution is 0.0989. The minimum atomic E-state index is -3.00. The van der Waals surface area contributed by atoms with Gasteiger partial charge in [0.1, 0.15) is 0 Å². The summed E-state index contributed by atoms with van der Waals surface area (Å²) in [6, 6.07) is 0.575. The smallest absolute Gasteiger partial charge is 0.152 e. The van der Waals surface area contributed by atoms with E-state index in [1.54, 1.807) is 0 Å². The maximum atomic E-state index is 12.0. The number of nitrogens with two attached hydrogens (primary N) is 1. The fourth-order valence-corrected chi connectivity index (χ4v) is 5.38. The molecule has 0 heterocycles. The van der Waals surface area contributed by atoms with Crippen LogP contribution in [-0.2, 0) is 9.84 Å². The number of hydrogen-bond acceptors (Lipinski definition) is 4. The highest BCUT2D eigenvalue weighted by atomic mass is 32.2. The van der Waals surface area contributed by atoms with Gasteiger partial charge in [-0.3, -0.25) is 4.90 Å². The summed E-state index contributed by atoms with van der Waals surface area (Å²) >= 11 is 0. The standard InChI is InChI=1S/C12H24N2O2S/c1-3-14(10-6-7-10)12(9-13)8-4-5-11(12)17(2,15)16/h10-11H,3-9,13H2,1-2H3. The lowest BCUT2D eigenvalue weighted by atomic mass is 9.94. The average molecular weight is 260 g/mol. The number of nitrogens with zero attached hydrogens (tertiary/aromatic N) is 1. The molecular formula is C12H24N2O2S. The summed E-state index contributed by atoms with van der Waals surface area (Å²) in [5.41, 5.74) is 5.70. The van der Waals surface area contributed by atoms with Crippen molar-refractivity contribution in [2.24, 2.45) is 5.73 Å². The van der Waals surface area contributed by atoms with Gasteiger partial charge in [0.15, 0.2) is 9.84 Å². The van der Waals surface area contributed by atoms with Crippen LogP contribution >= 0.6 is 0 Å². The van der Waals surface area contributed by atoms with Crippen molar-refractivity contribution in [3.8, 4) is 0 Å². The Balaban J connectivity index is 2.34. The summed E-state index contributed by atoms with van der Waals surface area (Å²) in [6.07, 6.45) is 6.47. The van der Waals surface area contributed by atoms with Crippen LogP contribution in [0.2, 0.25) is 0 Å². The van der Waals surface area contributed by atoms with Crippen LogP contribution in [0.1, 0.15) is 39.0 Å². The van der Waals surface area contributed by atoms with Crippen LogP contribution in [0, 0.1) is 0 Å². The van der Waals surface area contributed by atoms with Gasteiger partial charge in [-0.2, -0.15) is 0 Å². The highest BCUT2D eigenvalue weighted by Gasteiger charge is 2.53. The van der Waals surface area contributed by atoms with Crippen molar-refractivity contribution in [2.45, 2.75) is 55.9 Å². The van der Waals surface area contributed by atoms with Crippen molar-refractivity contribution in [3.63, 3.8) is 0 Å². The van der Waals surface area contributed by atoms with Gasteiger partial charge in [-0.05, 0) is 32.2 Å². The number of hydrogen-bond donors (Lipinski definition) is 1. The minimum absolute atomic E-state index is 0.263. The molecule has 2 aliphatic rings. The van der Waals surface area contributed by atoms with Gasteiger partial charge >= 0.3 is 0 Å². The Morgan fingerprint density at radius 2 is 2.00 bits per heavy atom. The highest BCUT2D eigenvalue weighted by molar-refractivity contribution is 7.91. The Morgan fingerprint density at radius 1 is 1.35 bits per heavy atom. The average Bonchev–Trinajstić information content (AvgIpc) is 2.96. The summed E-state index contributed by atoms with van der Waals surface area (Å²) in [5.74, 6) is 0. The molecule has 0 aromatic carbocycles. The molecule has 2 fully saturated rings. The molecule has 0 radical (unpaired) electrons. The molecule has 2 aliphatic carbocycles. The van der Waals surface area contributed by atoms with E-state index in [1.165, 1.54) is 19.1 Å². The zero-order valence-corrected chi connectivity index (χ0v) is 11.7. The molecule has 0 aromatic heterocycles. The first-order chi connectivity index (χ1) is 7.95. The molecule has 0 spiro atoms. The van der Waals surface area contributed by atoms with Gasteiger partial charge in [-0.15, -0.1) is 0 Å². The molecule has 5 heteroatoms. The molecule has 2 saturated carbocycles. The van der Waals surface area contributed by atoms with Crippen molar-refractivity contribution < 1.29 is 8.42 Å². The topological polar surface area (TPSA) is 63.4 Å². The van der Waals surface area contributed by atoms with Gasteiger partial charge in [-0.25, -0.2) is 8.42 Å². The molecular weight excluding hydrogens is 236 g/mol. The summed E-state index contributed by atoms with van der Waals surface area (Å²) in [7, 11) is -3.00. The fraction of sp³-hybridized carbons (Fsp3) is 1.00. The van der Waals surface area contributed by atoms with E-state index in [9.17, 15) is 8.42 Å². The fourth-order valence-electron chi connectivity index (χ4n) is 3.64. The normalized spacial score (nSPS) is 34.5. The van der Waals surface area contributed by atoms with E-state index in [0.29, 0.717) is 12.6 Å². The molecule has 2 rings (SSSR count). The van der Waals surface area contributed by atoms with Gasteiger partial charge in [0.05, 0.1) is 10.8 Å². The van der Waals surface area contributed by atoms with E-state index in [4.69, 9.17) is 5.73 Å². The van der Waals surface area contributed by atoms with Crippen molar-refractivity contribution >= 4 is 9.84 Å². The SMILES string of the molecule is CCN(C1CC1)C1(CN)CCCC1S(C)(=O)=O. The van der Waals surface area contributed by atoms with Crippen LogP contribution in [-0.4, -0.2) is 49.5 Å². The molecule has 17 heavy (non-hydrogen) atoms. The second-order valence-electron chi connectivity index (χ2n) is 5.54. The molecule has 0 amide bonds. The predicted octanol–water partition coefficient (Wildman–Crippen LogP) is 0.765. The van der Waals surface area contributed by atoms with Crippen molar-refractivity contribution in [3.05, 3.63) is 0 Å². The minimum Gasteiger partial charge on any atom is -0.329 e. The first-order valence-corrected chi connectivity index (χ1v) is 8.57. The van der Waals surface area contributed by atoms with E-state index in [2.05, 4.69) is 11.8 Å². The van der Waals surface area contributed by atoms with Crippen molar-refractivity contribution in [2.75, 3.05) is 19.3 Å². The second-order valence-corrected chi connectivity index (χ2v) is 7.76. The van der Waals surface area contributed by atoms with Crippen molar-refractivity contribution in [1.82, 2.24) is 4.90 Å². The molecule has 2 atom stereocenters. The van der Waals surface area contributed by atoms with Gasteiger partial charge in [-0.1, -0.05) is 13.3 Å². The first kappa shape index (κ1) is 13.3. The molecule has 2 N–H and O–H groups in total. The molecule has 4 nitrogen and oxygen atoms in total. The van der Waals surface area contributed by atoms with Crippen LogP contribution in [0.4, 0.5) is 0 Å². The Labute approximate surface area is 104 Å². The molecule has 0 aliphatic heterocycles.